The molecule has 67 heavy (non-hydrogen) atoms. The lowest BCUT2D eigenvalue weighted by Gasteiger charge is -2.28. The molecule has 0 N–H and O–H groups in total. The summed E-state index contributed by atoms with van der Waals surface area (Å²) in [5.41, 5.74) is 19.3. The highest BCUT2D eigenvalue weighted by atomic mass is 15.1. The molecule has 13 rings (SSSR count). The predicted octanol–water partition coefficient (Wildman–Crippen LogP) is 17.9. The van der Waals surface area contributed by atoms with Gasteiger partial charge in [0.05, 0.1) is 16.7 Å². The van der Waals surface area contributed by atoms with E-state index < -0.39 is 0 Å². The molecule has 1 aromatic heterocycles. The molecule has 0 radical (unpaired) electrons. The first-order valence-corrected chi connectivity index (χ1v) is 23.3. The Labute approximate surface area is 391 Å². The minimum Gasteiger partial charge on any atom is -0.310 e. The van der Waals surface area contributed by atoms with Gasteiger partial charge < -0.3 is 9.47 Å². The highest BCUT2D eigenvalue weighted by Crippen LogP contribution is 2.51. The molecule has 0 amide bonds. The first kappa shape index (κ1) is 39.0. The summed E-state index contributed by atoms with van der Waals surface area (Å²) in [5, 5.41) is 7.48. The number of hydrogen-bond donors (Lipinski definition) is 0. The van der Waals surface area contributed by atoms with E-state index in [1.807, 2.05) is 0 Å². The third-order valence-electron chi connectivity index (χ3n) is 14.4. The molecule has 0 unspecified atom stereocenters. The minimum atomic E-state index is -0.125. The molecule has 0 bridgehead atoms. The van der Waals surface area contributed by atoms with Gasteiger partial charge in [0.25, 0.3) is 0 Å². The van der Waals surface area contributed by atoms with E-state index in [-0.39, 0.29) is 5.41 Å². The van der Waals surface area contributed by atoms with Crippen LogP contribution >= 0.6 is 0 Å². The zero-order valence-electron chi connectivity index (χ0n) is 37.5. The minimum absolute atomic E-state index is 0.125. The first-order chi connectivity index (χ1) is 33.0. The van der Waals surface area contributed by atoms with Gasteiger partial charge in [-0.3, -0.25) is 0 Å². The number of anilines is 3. The zero-order chi connectivity index (χ0) is 44.6. The maximum atomic E-state index is 2.49. The molecule has 0 spiro atoms. The van der Waals surface area contributed by atoms with Gasteiger partial charge in [0, 0.05) is 44.4 Å². The van der Waals surface area contributed by atoms with Gasteiger partial charge in [0.2, 0.25) is 0 Å². The Morgan fingerprint density at radius 1 is 0.328 bits per heavy atom. The molecular formula is C65H46N2. The normalized spacial score (nSPS) is 12.7. The Bertz CT molecular complexity index is 3880. The first-order valence-electron chi connectivity index (χ1n) is 23.3. The smallest absolute Gasteiger partial charge is 0.0619 e. The van der Waals surface area contributed by atoms with Crippen molar-refractivity contribution in [1.82, 2.24) is 4.57 Å². The van der Waals surface area contributed by atoms with Crippen LogP contribution in [0.5, 0.6) is 0 Å². The lowest BCUT2D eigenvalue weighted by Crippen LogP contribution is -2.16. The molecule has 1 aliphatic rings. The molecule has 1 heterocycles. The quantitative estimate of drug-likeness (QED) is 0.155. The molecular weight excluding hydrogens is 809 g/mol. The van der Waals surface area contributed by atoms with Crippen molar-refractivity contribution < 1.29 is 0 Å². The maximum absolute atomic E-state index is 2.49. The number of nitrogens with zero attached hydrogens (tertiary/aromatic N) is 2. The van der Waals surface area contributed by atoms with E-state index in [1.54, 1.807) is 0 Å². The van der Waals surface area contributed by atoms with E-state index >= 15 is 0 Å². The summed E-state index contributed by atoms with van der Waals surface area (Å²) in [7, 11) is 0. The Kier molecular flexibility index (Phi) is 8.91. The Hall–Kier alpha value is -8.46. The molecule has 1 aliphatic carbocycles. The van der Waals surface area contributed by atoms with Gasteiger partial charge in [0.1, 0.15) is 0 Å². The Morgan fingerprint density at radius 2 is 0.866 bits per heavy atom. The van der Waals surface area contributed by atoms with Crippen molar-refractivity contribution in [3.05, 3.63) is 254 Å². The molecule has 0 atom stereocenters. The van der Waals surface area contributed by atoms with Crippen molar-refractivity contribution in [2.24, 2.45) is 0 Å². The van der Waals surface area contributed by atoms with Gasteiger partial charge >= 0.3 is 0 Å². The molecule has 0 aliphatic heterocycles. The van der Waals surface area contributed by atoms with E-state index in [0.29, 0.717) is 0 Å². The van der Waals surface area contributed by atoms with Crippen molar-refractivity contribution in [2.75, 3.05) is 4.90 Å². The van der Waals surface area contributed by atoms with Gasteiger partial charge in [-0.25, -0.2) is 0 Å². The standard InChI is InChI=1S/C65H46N2/c1-65(2)60-26-10-7-21-56(60)57-40-39-51(42-61(57)65)66(49-35-31-45(32-36-49)53-23-13-18-44-16-5-6-19-52(44)53)50-37-33-46(34-38-50)54-20-8-11-27-62(54)67-63-28-12-9-22-58(63)59-25-14-24-55(64(59)67)48-30-29-43-15-3-4-17-47(43)41-48/h3-42H,1-2H3. The van der Waals surface area contributed by atoms with Crippen LogP contribution in [0.25, 0.3) is 93.5 Å². The summed E-state index contributed by atoms with van der Waals surface area (Å²) >= 11 is 0. The van der Waals surface area contributed by atoms with Gasteiger partial charge in [0.15, 0.2) is 0 Å². The Morgan fingerprint density at radius 3 is 1.67 bits per heavy atom. The largest absolute Gasteiger partial charge is 0.310 e. The topological polar surface area (TPSA) is 8.17 Å². The molecule has 11 aromatic carbocycles. The highest BCUT2D eigenvalue weighted by molar-refractivity contribution is 6.14. The predicted molar refractivity (Wildman–Crippen MR) is 284 cm³/mol. The molecule has 0 saturated carbocycles. The highest BCUT2D eigenvalue weighted by Gasteiger charge is 2.35. The van der Waals surface area contributed by atoms with Crippen molar-refractivity contribution in [3.8, 4) is 50.2 Å². The summed E-state index contributed by atoms with van der Waals surface area (Å²) in [6.07, 6.45) is 0. The number of aromatic nitrogens is 1. The Balaban J connectivity index is 0.948. The fraction of sp³-hybridized carbons (Fsp3) is 0.0462. The third kappa shape index (κ3) is 6.25. The van der Waals surface area contributed by atoms with Crippen LogP contribution in [0, 0.1) is 0 Å². The number of fused-ring (bicyclic) bond motifs is 8. The number of benzene rings is 11. The van der Waals surface area contributed by atoms with Gasteiger partial charge in [-0.2, -0.15) is 0 Å². The fourth-order valence-corrected chi connectivity index (χ4v) is 11.1. The fourth-order valence-electron chi connectivity index (χ4n) is 11.1. The van der Waals surface area contributed by atoms with Crippen LogP contribution in [-0.2, 0) is 5.41 Å². The number of rotatable bonds is 7. The monoisotopic (exact) mass is 854 g/mol. The van der Waals surface area contributed by atoms with Gasteiger partial charge in [-0.1, -0.05) is 202 Å². The summed E-state index contributed by atoms with van der Waals surface area (Å²) < 4.78 is 2.49. The molecule has 316 valence electrons. The van der Waals surface area contributed by atoms with Crippen molar-refractivity contribution in [1.29, 1.82) is 0 Å². The van der Waals surface area contributed by atoms with Crippen molar-refractivity contribution >= 4 is 60.4 Å². The SMILES string of the molecule is CC1(C)c2ccccc2-c2ccc(N(c3ccc(-c4ccccc4-n4c5ccccc5c5cccc(-c6ccc7ccccc7c6)c54)cc3)c3ccc(-c4cccc5ccccc45)cc3)cc21. The van der Waals surface area contributed by atoms with Crippen LogP contribution in [0.4, 0.5) is 17.1 Å². The lowest BCUT2D eigenvalue weighted by atomic mass is 9.82. The maximum Gasteiger partial charge on any atom is 0.0619 e. The van der Waals surface area contributed by atoms with E-state index in [1.165, 1.54) is 93.4 Å². The van der Waals surface area contributed by atoms with Crippen LogP contribution < -0.4 is 4.90 Å². The van der Waals surface area contributed by atoms with Gasteiger partial charge in [-0.05, 0) is 121 Å². The summed E-state index contributed by atoms with van der Waals surface area (Å²) in [5.74, 6) is 0. The van der Waals surface area contributed by atoms with Crippen LogP contribution in [0.15, 0.2) is 243 Å². The van der Waals surface area contributed by atoms with E-state index in [0.717, 1.165) is 28.3 Å². The second-order valence-electron chi connectivity index (χ2n) is 18.5. The van der Waals surface area contributed by atoms with E-state index in [9.17, 15) is 0 Å². The summed E-state index contributed by atoms with van der Waals surface area (Å²) in [6.45, 7) is 4.72. The van der Waals surface area contributed by atoms with E-state index in [2.05, 4.69) is 266 Å². The summed E-state index contributed by atoms with van der Waals surface area (Å²) in [4.78, 5) is 2.42. The van der Waals surface area contributed by atoms with Crippen LogP contribution in [-0.4, -0.2) is 4.57 Å². The third-order valence-corrected chi connectivity index (χ3v) is 14.4. The van der Waals surface area contributed by atoms with Crippen LogP contribution in [0.2, 0.25) is 0 Å². The number of hydrogen-bond acceptors (Lipinski definition) is 1. The van der Waals surface area contributed by atoms with Crippen molar-refractivity contribution in [2.45, 2.75) is 19.3 Å². The molecule has 0 fully saturated rings. The average Bonchev–Trinajstić information content (AvgIpc) is 3.84. The number of para-hydroxylation sites is 3. The second-order valence-corrected chi connectivity index (χ2v) is 18.5. The summed E-state index contributed by atoms with van der Waals surface area (Å²) in [6, 6.07) is 89.5. The van der Waals surface area contributed by atoms with Gasteiger partial charge in [-0.15, -0.1) is 0 Å². The molecule has 2 nitrogen and oxygen atoms in total. The average molecular weight is 855 g/mol. The van der Waals surface area contributed by atoms with Crippen molar-refractivity contribution in [3.63, 3.8) is 0 Å². The van der Waals surface area contributed by atoms with E-state index in [4.69, 9.17) is 0 Å². The molecule has 2 heteroatoms. The van der Waals surface area contributed by atoms with Crippen LogP contribution in [0.1, 0.15) is 25.0 Å². The molecule has 0 saturated heterocycles. The molecule has 12 aromatic rings. The lowest BCUT2D eigenvalue weighted by molar-refractivity contribution is 0.660. The van der Waals surface area contributed by atoms with Crippen LogP contribution in [0.3, 0.4) is 0 Å². The zero-order valence-corrected chi connectivity index (χ0v) is 37.5. The second kappa shape index (κ2) is 15.3.